The van der Waals surface area contributed by atoms with E-state index in [9.17, 15) is 14.4 Å². The average Bonchev–Trinajstić information content (AvgIpc) is 3.27. The van der Waals surface area contributed by atoms with Crippen molar-refractivity contribution >= 4 is 17.8 Å². The number of rotatable bonds is 11. The Bertz CT molecular complexity index is 729. The van der Waals surface area contributed by atoms with E-state index in [2.05, 4.69) is 17.5 Å². The van der Waals surface area contributed by atoms with Gasteiger partial charge in [-0.25, -0.2) is 10.3 Å². The fourth-order valence-corrected chi connectivity index (χ4v) is 3.80. The summed E-state index contributed by atoms with van der Waals surface area (Å²) < 4.78 is 0. The Morgan fingerprint density at radius 2 is 1.71 bits per heavy atom. The van der Waals surface area contributed by atoms with E-state index in [1.165, 1.54) is 0 Å². The van der Waals surface area contributed by atoms with Gasteiger partial charge in [-0.05, 0) is 37.2 Å². The maximum absolute atomic E-state index is 12.9. The van der Waals surface area contributed by atoms with E-state index < -0.39 is 23.7 Å². The SMILES string of the molecule is C=CC[C@H](C(=O)NOC1CCCC1)[C@@H](CC(C)C)C(=O)NOC(=O)Cc1ccccc1. The Hall–Kier alpha value is -2.67. The molecule has 0 heterocycles. The van der Waals surface area contributed by atoms with Crippen molar-refractivity contribution in [3.63, 3.8) is 0 Å². The lowest BCUT2D eigenvalue weighted by Crippen LogP contribution is -2.44. The van der Waals surface area contributed by atoms with E-state index in [-0.39, 0.29) is 24.3 Å². The molecule has 2 amide bonds. The third-order valence-electron chi connectivity index (χ3n) is 5.39. The molecule has 1 aliphatic rings. The van der Waals surface area contributed by atoms with Crippen LogP contribution in [0.3, 0.4) is 0 Å². The summed E-state index contributed by atoms with van der Waals surface area (Å²) in [7, 11) is 0. The van der Waals surface area contributed by atoms with E-state index in [1.54, 1.807) is 18.2 Å². The third kappa shape index (κ3) is 8.53. The predicted molar refractivity (Wildman–Crippen MR) is 117 cm³/mol. The summed E-state index contributed by atoms with van der Waals surface area (Å²) in [4.78, 5) is 48.3. The van der Waals surface area contributed by atoms with Crippen LogP contribution in [0.25, 0.3) is 0 Å². The first-order chi connectivity index (χ1) is 14.9. The van der Waals surface area contributed by atoms with Gasteiger partial charge in [-0.3, -0.25) is 14.4 Å². The molecule has 0 aromatic heterocycles. The minimum absolute atomic E-state index is 0.0182. The van der Waals surface area contributed by atoms with E-state index >= 15 is 0 Å². The number of hydrogen-bond acceptors (Lipinski definition) is 5. The van der Waals surface area contributed by atoms with Gasteiger partial charge in [0.25, 0.3) is 5.91 Å². The van der Waals surface area contributed by atoms with Crippen molar-refractivity contribution in [2.75, 3.05) is 0 Å². The van der Waals surface area contributed by atoms with Gasteiger partial charge in [0.2, 0.25) is 5.91 Å². The summed E-state index contributed by atoms with van der Waals surface area (Å²) in [6.07, 6.45) is 6.44. The summed E-state index contributed by atoms with van der Waals surface area (Å²) in [6.45, 7) is 7.67. The van der Waals surface area contributed by atoms with Gasteiger partial charge in [0.05, 0.1) is 24.4 Å². The Labute approximate surface area is 184 Å². The van der Waals surface area contributed by atoms with Gasteiger partial charge in [-0.1, -0.05) is 63.1 Å². The van der Waals surface area contributed by atoms with Crippen LogP contribution in [0, 0.1) is 17.8 Å². The number of nitrogens with one attached hydrogen (secondary N) is 2. The molecule has 31 heavy (non-hydrogen) atoms. The van der Waals surface area contributed by atoms with Gasteiger partial charge >= 0.3 is 5.97 Å². The highest BCUT2D eigenvalue weighted by Crippen LogP contribution is 2.26. The maximum Gasteiger partial charge on any atom is 0.336 e. The van der Waals surface area contributed by atoms with E-state index in [4.69, 9.17) is 9.68 Å². The lowest BCUT2D eigenvalue weighted by molar-refractivity contribution is -0.161. The van der Waals surface area contributed by atoms with E-state index in [1.807, 2.05) is 32.0 Å². The van der Waals surface area contributed by atoms with Crippen LogP contribution in [-0.2, 0) is 30.5 Å². The molecule has 1 aromatic rings. The summed E-state index contributed by atoms with van der Waals surface area (Å²) in [5.41, 5.74) is 5.58. The molecule has 2 rings (SSSR count). The molecule has 1 saturated carbocycles. The van der Waals surface area contributed by atoms with E-state index in [0.29, 0.717) is 12.8 Å². The number of allylic oxidation sites excluding steroid dienone is 1. The number of carbonyl (C=O) groups is 3. The molecule has 0 aliphatic heterocycles. The second-order valence-electron chi connectivity index (χ2n) is 8.46. The van der Waals surface area contributed by atoms with Crippen molar-refractivity contribution in [3.05, 3.63) is 48.6 Å². The lowest BCUT2D eigenvalue weighted by Gasteiger charge is -2.26. The molecule has 0 radical (unpaired) electrons. The molecule has 0 spiro atoms. The Kier molecular flexibility index (Phi) is 10.2. The first-order valence-electron chi connectivity index (χ1n) is 11.0. The molecule has 2 N–H and O–H groups in total. The molecule has 170 valence electrons. The standard InChI is InChI=1S/C24H34N2O5/c1-4-10-20(23(28)25-30-19-13-8-9-14-19)21(15-17(2)3)24(29)26-31-22(27)16-18-11-6-5-7-12-18/h4-7,11-12,17,19-21H,1,8-10,13-16H2,2-3H3,(H,25,28)(H,26,29)/t20-,21+/m0/s1. The first kappa shape index (κ1) is 24.6. The van der Waals surface area contributed by atoms with Crippen LogP contribution >= 0.6 is 0 Å². The Morgan fingerprint density at radius 3 is 2.32 bits per heavy atom. The molecular weight excluding hydrogens is 396 g/mol. The molecule has 7 heteroatoms. The van der Waals surface area contributed by atoms with Gasteiger partial charge in [0.15, 0.2) is 0 Å². The molecule has 0 bridgehead atoms. The maximum atomic E-state index is 12.9. The molecule has 0 saturated heterocycles. The zero-order chi connectivity index (χ0) is 22.6. The normalized spacial score (nSPS) is 15.8. The van der Waals surface area contributed by atoms with Gasteiger partial charge in [0.1, 0.15) is 0 Å². The second kappa shape index (κ2) is 12.9. The van der Waals surface area contributed by atoms with Crippen molar-refractivity contribution in [3.8, 4) is 0 Å². The minimum atomic E-state index is -0.685. The zero-order valence-electron chi connectivity index (χ0n) is 18.5. The third-order valence-corrected chi connectivity index (χ3v) is 5.39. The Morgan fingerprint density at radius 1 is 1.06 bits per heavy atom. The summed E-state index contributed by atoms with van der Waals surface area (Å²) >= 11 is 0. The summed E-state index contributed by atoms with van der Waals surface area (Å²) in [5, 5.41) is 0. The number of amides is 2. The molecule has 2 atom stereocenters. The van der Waals surface area contributed by atoms with Crippen molar-refractivity contribution in [1.82, 2.24) is 11.0 Å². The Balaban J connectivity index is 1.97. The molecule has 0 unspecified atom stereocenters. The van der Waals surface area contributed by atoms with Crippen LogP contribution in [0.2, 0.25) is 0 Å². The number of hydrogen-bond donors (Lipinski definition) is 2. The molecule has 7 nitrogen and oxygen atoms in total. The van der Waals surface area contributed by atoms with Crippen LogP contribution in [-0.4, -0.2) is 23.9 Å². The van der Waals surface area contributed by atoms with Gasteiger partial charge in [-0.2, -0.15) is 5.48 Å². The van der Waals surface area contributed by atoms with Crippen LogP contribution in [0.5, 0.6) is 0 Å². The second-order valence-corrected chi connectivity index (χ2v) is 8.46. The predicted octanol–water partition coefficient (Wildman–Crippen LogP) is 3.65. The van der Waals surface area contributed by atoms with Crippen molar-refractivity contribution < 1.29 is 24.1 Å². The van der Waals surface area contributed by atoms with Crippen LogP contribution in [0.1, 0.15) is 57.9 Å². The lowest BCUT2D eigenvalue weighted by atomic mass is 9.82. The van der Waals surface area contributed by atoms with E-state index in [0.717, 1.165) is 31.2 Å². The average molecular weight is 431 g/mol. The molecular formula is C24H34N2O5. The highest BCUT2D eigenvalue weighted by molar-refractivity contribution is 5.87. The first-order valence-corrected chi connectivity index (χ1v) is 11.0. The molecule has 1 fully saturated rings. The van der Waals surface area contributed by atoms with Crippen molar-refractivity contribution in [2.24, 2.45) is 17.8 Å². The summed E-state index contributed by atoms with van der Waals surface area (Å²) in [6, 6.07) is 9.12. The highest BCUT2D eigenvalue weighted by atomic mass is 16.7. The number of carbonyl (C=O) groups excluding carboxylic acids is 3. The summed E-state index contributed by atoms with van der Waals surface area (Å²) in [5.74, 6) is -2.63. The molecule has 1 aromatic carbocycles. The topological polar surface area (TPSA) is 93.7 Å². The highest BCUT2D eigenvalue weighted by Gasteiger charge is 2.34. The quantitative estimate of drug-likeness (QED) is 0.413. The van der Waals surface area contributed by atoms with Gasteiger partial charge in [-0.15, -0.1) is 6.58 Å². The van der Waals surface area contributed by atoms with Crippen molar-refractivity contribution in [2.45, 2.75) is 64.9 Å². The zero-order valence-corrected chi connectivity index (χ0v) is 18.5. The van der Waals surface area contributed by atoms with Gasteiger partial charge in [0, 0.05) is 0 Å². The van der Waals surface area contributed by atoms with Crippen molar-refractivity contribution in [1.29, 1.82) is 0 Å². The minimum Gasteiger partial charge on any atom is -0.340 e. The smallest absolute Gasteiger partial charge is 0.336 e. The van der Waals surface area contributed by atoms with Crippen LogP contribution < -0.4 is 11.0 Å². The molecule has 1 aliphatic carbocycles. The fourth-order valence-electron chi connectivity index (χ4n) is 3.80. The largest absolute Gasteiger partial charge is 0.340 e. The fraction of sp³-hybridized carbons (Fsp3) is 0.542. The monoisotopic (exact) mass is 430 g/mol. The number of benzene rings is 1. The number of hydroxylamine groups is 2. The van der Waals surface area contributed by atoms with Crippen LogP contribution in [0.15, 0.2) is 43.0 Å². The van der Waals surface area contributed by atoms with Crippen LogP contribution in [0.4, 0.5) is 0 Å². The van der Waals surface area contributed by atoms with Gasteiger partial charge < -0.3 is 4.84 Å².